The first-order valence-corrected chi connectivity index (χ1v) is 7.59. The number of hydrogen-bond acceptors (Lipinski definition) is 4. The Morgan fingerprint density at radius 2 is 2.09 bits per heavy atom. The fourth-order valence-electron chi connectivity index (χ4n) is 2.67. The van der Waals surface area contributed by atoms with Crippen LogP contribution in [0, 0.1) is 19.8 Å². The van der Waals surface area contributed by atoms with Crippen molar-refractivity contribution in [2.45, 2.75) is 26.8 Å². The van der Waals surface area contributed by atoms with Crippen molar-refractivity contribution in [3.05, 3.63) is 47.2 Å². The highest BCUT2D eigenvalue weighted by atomic mass is 16.5. The summed E-state index contributed by atoms with van der Waals surface area (Å²) in [5.41, 5.74) is 2.25. The molecule has 1 aromatic carbocycles. The van der Waals surface area contributed by atoms with Gasteiger partial charge in [0, 0.05) is 25.6 Å². The fraction of sp³-hybridized carbons (Fsp3) is 0.353. The van der Waals surface area contributed by atoms with Crippen molar-refractivity contribution in [3.63, 3.8) is 0 Å². The lowest BCUT2D eigenvalue weighted by atomic mass is 10.1. The second kappa shape index (κ2) is 6.24. The number of aromatic nitrogens is 1. The Hall–Kier alpha value is -2.63. The van der Waals surface area contributed by atoms with Crippen LogP contribution in [-0.2, 0) is 16.1 Å². The van der Waals surface area contributed by atoms with Gasteiger partial charge in [0.2, 0.25) is 11.8 Å². The molecule has 1 atom stereocenters. The zero-order chi connectivity index (χ0) is 16.4. The van der Waals surface area contributed by atoms with E-state index in [0.29, 0.717) is 24.7 Å². The lowest BCUT2D eigenvalue weighted by Crippen LogP contribution is -2.28. The second-order valence-corrected chi connectivity index (χ2v) is 5.97. The first kappa shape index (κ1) is 15.3. The Kier molecular flexibility index (Phi) is 4.14. The first-order valence-electron chi connectivity index (χ1n) is 7.59. The zero-order valence-corrected chi connectivity index (χ0v) is 13.2. The number of likely N-dealkylation sites (tertiary alicyclic amines) is 1. The molecule has 0 unspecified atom stereocenters. The topological polar surface area (TPSA) is 75.4 Å². The summed E-state index contributed by atoms with van der Waals surface area (Å²) in [5.74, 6) is 0.464. The maximum Gasteiger partial charge on any atom is 0.231 e. The Labute approximate surface area is 134 Å². The second-order valence-electron chi connectivity index (χ2n) is 5.97. The van der Waals surface area contributed by atoms with Crippen molar-refractivity contribution in [3.8, 4) is 0 Å². The van der Waals surface area contributed by atoms with E-state index in [-0.39, 0.29) is 24.2 Å². The van der Waals surface area contributed by atoms with E-state index >= 15 is 0 Å². The molecule has 1 aliphatic heterocycles. The largest absolute Gasteiger partial charge is 0.360 e. The summed E-state index contributed by atoms with van der Waals surface area (Å²) in [7, 11) is 0. The number of benzene rings is 1. The molecule has 120 valence electrons. The monoisotopic (exact) mass is 313 g/mol. The van der Waals surface area contributed by atoms with Crippen molar-refractivity contribution < 1.29 is 14.1 Å². The maximum atomic E-state index is 12.2. The molecule has 0 bridgehead atoms. The summed E-state index contributed by atoms with van der Waals surface area (Å²) in [5, 5.41) is 6.43. The highest BCUT2D eigenvalue weighted by Gasteiger charge is 2.34. The van der Waals surface area contributed by atoms with Gasteiger partial charge in [-0.3, -0.25) is 9.59 Å². The van der Waals surface area contributed by atoms with Gasteiger partial charge in [-0.15, -0.1) is 0 Å². The molecule has 1 aliphatic rings. The SMILES string of the molecule is Cc1ccc(CN2C[C@H](C(=O)Nc3cc(C)on3)CC2=O)cc1. The van der Waals surface area contributed by atoms with E-state index in [0.717, 1.165) is 5.56 Å². The molecular formula is C17H19N3O3. The van der Waals surface area contributed by atoms with Crippen LogP contribution in [0.5, 0.6) is 0 Å². The molecule has 6 heteroatoms. The third-order valence-corrected chi connectivity index (χ3v) is 3.96. The van der Waals surface area contributed by atoms with Gasteiger partial charge in [-0.05, 0) is 19.4 Å². The van der Waals surface area contributed by atoms with E-state index in [1.807, 2.05) is 31.2 Å². The standard InChI is InChI=1S/C17H19N3O3/c1-11-3-5-13(6-4-11)9-20-10-14(8-16(20)21)17(22)18-15-7-12(2)23-19-15/h3-7,14H,8-10H2,1-2H3,(H,18,19,22)/t14-/m1/s1. The van der Waals surface area contributed by atoms with Crippen LogP contribution >= 0.6 is 0 Å². The Morgan fingerprint density at radius 1 is 1.35 bits per heavy atom. The normalized spacial score (nSPS) is 17.6. The number of carbonyl (C=O) groups is 2. The van der Waals surface area contributed by atoms with Crippen LogP contribution < -0.4 is 5.32 Å². The van der Waals surface area contributed by atoms with Gasteiger partial charge >= 0.3 is 0 Å². The summed E-state index contributed by atoms with van der Waals surface area (Å²) in [6, 6.07) is 9.71. The van der Waals surface area contributed by atoms with Crippen LogP contribution in [0.25, 0.3) is 0 Å². The van der Waals surface area contributed by atoms with Crippen molar-refractivity contribution in [1.29, 1.82) is 0 Å². The van der Waals surface area contributed by atoms with E-state index in [1.165, 1.54) is 5.56 Å². The summed E-state index contributed by atoms with van der Waals surface area (Å²) < 4.78 is 4.92. The molecule has 1 N–H and O–H groups in total. The van der Waals surface area contributed by atoms with Crippen LogP contribution in [0.3, 0.4) is 0 Å². The van der Waals surface area contributed by atoms with Crippen LogP contribution in [0.2, 0.25) is 0 Å². The van der Waals surface area contributed by atoms with Gasteiger partial charge in [0.05, 0.1) is 5.92 Å². The number of nitrogens with one attached hydrogen (secondary N) is 1. The molecule has 1 aromatic heterocycles. The molecule has 0 radical (unpaired) electrons. The third-order valence-electron chi connectivity index (χ3n) is 3.96. The van der Waals surface area contributed by atoms with Gasteiger partial charge in [-0.2, -0.15) is 0 Å². The average Bonchev–Trinajstić information content (AvgIpc) is 3.08. The minimum atomic E-state index is -0.357. The number of hydrogen-bond donors (Lipinski definition) is 1. The van der Waals surface area contributed by atoms with Crippen LogP contribution in [-0.4, -0.2) is 28.4 Å². The molecule has 1 saturated heterocycles. The predicted molar refractivity (Wildman–Crippen MR) is 84.6 cm³/mol. The molecule has 1 fully saturated rings. The van der Waals surface area contributed by atoms with Gasteiger partial charge in [-0.25, -0.2) is 0 Å². The Morgan fingerprint density at radius 3 is 2.74 bits per heavy atom. The van der Waals surface area contributed by atoms with Gasteiger partial charge in [0.25, 0.3) is 0 Å². The van der Waals surface area contributed by atoms with Gasteiger partial charge in [-0.1, -0.05) is 35.0 Å². The molecule has 6 nitrogen and oxygen atoms in total. The summed E-state index contributed by atoms with van der Waals surface area (Å²) >= 11 is 0. The van der Waals surface area contributed by atoms with Gasteiger partial charge in [0.1, 0.15) is 5.76 Å². The maximum absolute atomic E-state index is 12.2. The number of anilines is 1. The van der Waals surface area contributed by atoms with E-state index in [9.17, 15) is 9.59 Å². The van der Waals surface area contributed by atoms with E-state index in [2.05, 4.69) is 10.5 Å². The molecule has 2 aromatic rings. The molecule has 2 heterocycles. The van der Waals surface area contributed by atoms with E-state index in [4.69, 9.17) is 4.52 Å². The number of amides is 2. The lowest BCUT2D eigenvalue weighted by Gasteiger charge is -2.16. The highest BCUT2D eigenvalue weighted by molar-refractivity contribution is 5.96. The number of rotatable bonds is 4. The molecule has 0 aliphatic carbocycles. The zero-order valence-electron chi connectivity index (χ0n) is 13.2. The summed E-state index contributed by atoms with van der Waals surface area (Å²) in [6.07, 6.45) is 0.231. The predicted octanol–water partition coefficient (Wildman–Crippen LogP) is 2.28. The molecule has 2 amide bonds. The van der Waals surface area contributed by atoms with E-state index < -0.39 is 0 Å². The van der Waals surface area contributed by atoms with Crippen molar-refractivity contribution in [2.75, 3.05) is 11.9 Å². The van der Waals surface area contributed by atoms with Gasteiger partial charge < -0.3 is 14.7 Å². The smallest absolute Gasteiger partial charge is 0.231 e. The number of aryl methyl sites for hydroxylation is 2. The fourth-order valence-corrected chi connectivity index (χ4v) is 2.67. The quantitative estimate of drug-likeness (QED) is 0.939. The lowest BCUT2D eigenvalue weighted by molar-refractivity contribution is -0.128. The first-order chi connectivity index (χ1) is 11.0. The molecule has 23 heavy (non-hydrogen) atoms. The molecular weight excluding hydrogens is 294 g/mol. The summed E-state index contributed by atoms with van der Waals surface area (Å²) in [6.45, 7) is 4.74. The average molecular weight is 313 g/mol. The highest BCUT2D eigenvalue weighted by Crippen LogP contribution is 2.22. The van der Waals surface area contributed by atoms with Crippen molar-refractivity contribution in [2.24, 2.45) is 5.92 Å². The van der Waals surface area contributed by atoms with Crippen LogP contribution in [0.4, 0.5) is 5.82 Å². The van der Waals surface area contributed by atoms with Crippen molar-refractivity contribution in [1.82, 2.24) is 10.1 Å². The van der Waals surface area contributed by atoms with Gasteiger partial charge in [0.15, 0.2) is 5.82 Å². The van der Waals surface area contributed by atoms with Crippen LogP contribution in [0.1, 0.15) is 23.3 Å². The number of nitrogens with zero attached hydrogens (tertiary/aromatic N) is 2. The van der Waals surface area contributed by atoms with Crippen molar-refractivity contribution >= 4 is 17.6 Å². The van der Waals surface area contributed by atoms with E-state index in [1.54, 1.807) is 17.9 Å². The Balaban J connectivity index is 1.60. The Bertz CT molecular complexity index is 721. The third kappa shape index (κ3) is 3.59. The number of carbonyl (C=O) groups excluding carboxylic acids is 2. The molecule has 0 spiro atoms. The minimum Gasteiger partial charge on any atom is -0.360 e. The van der Waals surface area contributed by atoms with Crippen LogP contribution in [0.15, 0.2) is 34.9 Å². The molecule has 0 saturated carbocycles. The minimum absolute atomic E-state index is 0.00191. The molecule has 3 rings (SSSR count). The summed E-state index contributed by atoms with van der Waals surface area (Å²) in [4.78, 5) is 26.1.